The van der Waals surface area contributed by atoms with Crippen molar-refractivity contribution < 1.29 is 4.74 Å². The fourth-order valence-corrected chi connectivity index (χ4v) is 1.43. The van der Waals surface area contributed by atoms with Crippen LogP contribution >= 0.6 is 0 Å². The molecule has 0 aromatic carbocycles. The quantitative estimate of drug-likeness (QED) is 0.607. The predicted molar refractivity (Wildman–Crippen MR) is 58.1 cm³/mol. The van der Waals surface area contributed by atoms with Crippen LogP contribution in [0.5, 0.6) is 0 Å². The minimum Gasteiger partial charge on any atom is -0.374 e. The second-order valence-electron chi connectivity index (χ2n) is 4.21. The third-order valence-electron chi connectivity index (χ3n) is 1.91. The molecule has 0 aliphatic rings. The van der Waals surface area contributed by atoms with Gasteiger partial charge in [0.05, 0.1) is 12.2 Å². The lowest BCUT2D eigenvalue weighted by Gasteiger charge is -2.23. The van der Waals surface area contributed by atoms with Gasteiger partial charge in [-0.1, -0.05) is 19.8 Å². The van der Waals surface area contributed by atoms with Crippen molar-refractivity contribution in [2.45, 2.75) is 52.2 Å². The number of hydrogen-bond acceptors (Lipinski definition) is 2. The Labute approximate surface area is 83.3 Å². The third kappa shape index (κ3) is 8.26. The van der Waals surface area contributed by atoms with Crippen molar-refractivity contribution in [1.82, 2.24) is 4.90 Å². The molecular weight excluding hydrogens is 162 g/mol. The summed E-state index contributed by atoms with van der Waals surface area (Å²) in [5.74, 6) is 0. The summed E-state index contributed by atoms with van der Waals surface area (Å²) in [5.41, 5.74) is 0. The molecule has 0 saturated carbocycles. The fraction of sp³-hybridized carbons (Fsp3) is 1.00. The van der Waals surface area contributed by atoms with Gasteiger partial charge < -0.3 is 9.64 Å². The second kappa shape index (κ2) is 7.34. The van der Waals surface area contributed by atoms with Gasteiger partial charge in [0.25, 0.3) is 0 Å². The van der Waals surface area contributed by atoms with E-state index < -0.39 is 0 Å². The second-order valence-corrected chi connectivity index (χ2v) is 4.21. The SMILES string of the molecule is CCCCC(CN(C)C)OC(C)C. The fourth-order valence-electron chi connectivity index (χ4n) is 1.43. The van der Waals surface area contributed by atoms with Gasteiger partial charge in [0.2, 0.25) is 0 Å². The monoisotopic (exact) mass is 187 g/mol. The molecule has 0 spiro atoms. The van der Waals surface area contributed by atoms with E-state index in [2.05, 4.69) is 39.8 Å². The topological polar surface area (TPSA) is 12.5 Å². The lowest BCUT2D eigenvalue weighted by atomic mass is 10.1. The molecule has 2 nitrogen and oxygen atoms in total. The molecule has 13 heavy (non-hydrogen) atoms. The molecule has 0 rings (SSSR count). The molecule has 1 atom stereocenters. The summed E-state index contributed by atoms with van der Waals surface area (Å²) in [6.45, 7) is 7.48. The lowest BCUT2D eigenvalue weighted by molar-refractivity contribution is -0.0103. The van der Waals surface area contributed by atoms with Crippen molar-refractivity contribution >= 4 is 0 Å². The van der Waals surface area contributed by atoms with Crippen LogP contribution in [-0.2, 0) is 4.74 Å². The molecule has 0 bridgehead atoms. The van der Waals surface area contributed by atoms with Crippen molar-refractivity contribution in [2.24, 2.45) is 0 Å². The average molecular weight is 187 g/mol. The Morgan fingerprint density at radius 1 is 1.23 bits per heavy atom. The number of likely N-dealkylation sites (N-methyl/N-ethyl adjacent to an activating group) is 1. The van der Waals surface area contributed by atoms with Gasteiger partial charge in [-0.05, 0) is 34.4 Å². The first-order valence-electron chi connectivity index (χ1n) is 5.36. The molecule has 0 aromatic heterocycles. The number of hydrogen-bond donors (Lipinski definition) is 0. The lowest BCUT2D eigenvalue weighted by Crippen LogP contribution is -2.30. The van der Waals surface area contributed by atoms with Crippen LogP contribution in [0.2, 0.25) is 0 Å². The third-order valence-corrected chi connectivity index (χ3v) is 1.91. The molecule has 0 heterocycles. The van der Waals surface area contributed by atoms with Crippen molar-refractivity contribution in [2.75, 3.05) is 20.6 Å². The predicted octanol–water partition coefficient (Wildman–Crippen LogP) is 2.53. The van der Waals surface area contributed by atoms with Gasteiger partial charge >= 0.3 is 0 Å². The highest BCUT2D eigenvalue weighted by Crippen LogP contribution is 2.08. The van der Waals surface area contributed by atoms with E-state index in [0.717, 1.165) is 6.54 Å². The van der Waals surface area contributed by atoms with Gasteiger partial charge in [0.15, 0.2) is 0 Å². The molecule has 80 valence electrons. The molecule has 0 fully saturated rings. The van der Waals surface area contributed by atoms with Crippen LogP contribution in [0.4, 0.5) is 0 Å². The largest absolute Gasteiger partial charge is 0.374 e. The van der Waals surface area contributed by atoms with E-state index in [4.69, 9.17) is 4.74 Å². The summed E-state index contributed by atoms with van der Waals surface area (Å²) in [6.07, 6.45) is 4.47. The maximum Gasteiger partial charge on any atom is 0.0705 e. The van der Waals surface area contributed by atoms with Crippen LogP contribution < -0.4 is 0 Å². The van der Waals surface area contributed by atoms with Crippen LogP contribution in [0, 0.1) is 0 Å². The van der Waals surface area contributed by atoms with Crippen molar-refractivity contribution in [3.63, 3.8) is 0 Å². The first kappa shape index (κ1) is 12.9. The summed E-state index contributed by atoms with van der Waals surface area (Å²) in [4.78, 5) is 2.20. The number of ether oxygens (including phenoxy) is 1. The molecule has 0 aliphatic carbocycles. The van der Waals surface area contributed by atoms with Crippen LogP contribution in [0.25, 0.3) is 0 Å². The van der Waals surface area contributed by atoms with Gasteiger partial charge in [-0.2, -0.15) is 0 Å². The number of nitrogens with zero attached hydrogens (tertiary/aromatic N) is 1. The maximum atomic E-state index is 5.82. The van der Waals surface area contributed by atoms with Crippen molar-refractivity contribution in [1.29, 1.82) is 0 Å². The van der Waals surface area contributed by atoms with Gasteiger partial charge in [-0.15, -0.1) is 0 Å². The van der Waals surface area contributed by atoms with E-state index in [1.807, 2.05) is 0 Å². The van der Waals surface area contributed by atoms with Gasteiger partial charge in [0.1, 0.15) is 0 Å². The zero-order chi connectivity index (χ0) is 10.3. The Kier molecular flexibility index (Phi) is 7.29. The summed E-state index contributed by atoms with van der Waals surface area (Å²) in [6, 6.07) is 0. The Balaban J connectivity index is 3.73. The molecule has 0 aliphatic heterocycles. The van der Waals surface area contributed by atoms with E-state index >= 15 is 0 Å². The van der Waals surface area contributed by atoms with E-state index in [9.17, 15) is 0 Å². The molecule has 0 aromatic rings. The average Bonchev–Trinajstić information content (AvgIpc) is 1.98. The standard InChI is InChI=1S/C11H25NO/c1-6-7-8-11(9-12(4)5)13-10(2)3/h10-11H,6-9H2,1-5H3. The highest BCUT2D eigenvalue weighted by atomic mass is 16.5. The summed E-state index contributed by atoms with van der Waals surface area (Å²) in [5, 5.41) is 0. The number of rotatable bonds is 7. The Morgan fingerprint density at radius 2 is 1.85 bits per heavy atom. The summed E-state index contributed by atoms with van der Waals surface area (Å²) >= 11 is 0. The molecule has 0 amide bonds. The normalized spacial score (nSPS) is 14.1. The molecule has 1 unspecified atom stereocenters. The Morgan fingerprint density at radius 3 is 2.23 bits per heavy atom. The minimum absolute atomic E-state index is 0.349. The molecule has 0 radical (unpaired) electrons. The first-order chi connectivity index (χ1) is 6.06. The van der Waals surface area contributed by atoms with Crippen molar-refractivity contribution in [3.05, 3.63) is 0 Å². The summed E-state index contributed by atoms with van der Waals surface area (Å²) in [7, 11) is 4.20. The van der Waals surface area contributed by atoms with Crippen LogP contribution in [0.3, 0.4) is 0 Å². The van der Waals surface area contributed by atoms with Crippen LogP contribution in [0.15, 0.2) is 0 Å². The highest BCUT2D eigenvalue weighted by Gasteiger charge is 2.11. The van der Waals surface area contributed by atoms with Crippen molar-refractivity contribution in [3.8, 4) is 0 Å². The molecule has 2 heteroatoms. The van der Waals surface area contributed by atoms with Gasteiger partial charge in [-0.3, -0.25) is 0 Å². The van der Waals surface area contributed by atoms with Gasteiger partial charge in [-0.25, -0.2) is 0 Å². The summed E-state index contributed by atoms with van der Waals surface area (Å²) < 4.78 is 5.82. The van der Waals surface area contributed by atoms with Crippen LogP contribution in [-0.4, -0.2) is 37.7 Å². The Bertz CT molecular complexity index is 103. The van der Waals surface area contributed by atoms with E-state index in [-0.39, 0.29) is 0 Å². The van der Waals surface area contributed by atoms with Crippen LogP contribution in [0.1, 0.15) is 40.0 Å². The minimum atomic E-state index is 0.349. The number of unbranched alkanes of at least 4 members (excludes halogenated alkanes) is 1. The van der Waals surface area contributed by atoms with E-state index in [0.29, 0.717) is 12.2 Å². The Hall–Kier alpha value is -0.0800. The smallest absolute Gasteiger partial charge is 0.0705 e. The molecule has 0 N–H and O–H groups in total. The molecular formula is C11H25NO. The highest BCUT2D eigenvalue weighted by molar-refractivity contribution is 4.62. The van der Waals surface area contributed by atoms with Gasteiger partial charge in [0, 0.05) is 6.54 Å². The maximum absolute atomic E-state index is 5.82. The molecule has 0 saturated heterocycles. The van der Waals surface area contributed by atoms with E-state index in [1.165, 1.54) is 19.3 Å². The zero-order valence-electron chi connectivity index (χ0n) is 9.84. The zero-order valence-corrected chi connectivity index (χ0v) is 9.84. The van der Waals surface area contributed by atoms with E-state index in [1.54, 1.807) is 0 Å². The first-order valence-corrected chi connectivity index (χ1v) is 5.36.